The Morgan fingerprint density at radius 3 is 1.12 bits per heavy atom. The Morgan fingerprint density at radius 2 is 0.818 bits per heavy atom. The zero-order chi connectivity index (χ0) is 50.5. The third-order valence-corrected chi connectivity index (χ3v) is 9.84. The monoisotopic (exact) mass is 959 g/mol. The SMILES string of the molecule is CSCC[C@H](NC(=O)[C@H](CCC(=O)O)NC(=O)[C@H](CCC(=O)O)NC(C)=O)C(=O)N[C@@H](CCC(N)=O)C(=O)N[C@@H](CCCNC(=N)N)C(=O)N[C@@H](CCCNC(=N)N)C(=O)N[C@@H](C)C(N)=O. The van der Waals surface area contributed by atoms with Crippen LogP contribution in [0.3, 0.4) is 0 Å². The molecule has 0 aromatic heterocycles. The predicted molar refractivity (Wildman–Crippen MR) is 238 cm³/mol. The van der Waals surface area contributed by atoms with E-state index in [2.05, 4.69) is 47.9 Å². The average molecular weight is 960 g/mol. The summed E-state index contributed by atoms with van der Waals surface area (Å²) in [5, 5.41) is 55.2. The van der Waals surface area contributed by atoms with Gasteiger partial charge in [0.05, 0.1) is 0 Å². The molecule has 0 aliphatic rings. The summed E-state index contributed by atoms with van der Waals surface area (Å²) in [6.07, 6.45) is -1.32. The first-order chi connectivity index (χ1) is 30.9. The molecule has 29 heteroatoms. The van der Waals surface area contributed by atoms with E-state index in [-0.39, 0.29) is 63.3 Å². The van der Waals surface area contributed by atoms with Crippen molar-refractivity contribution in [1.82, 2.24) is 47.9 Å². The molecule has 21 N–H and O–H groups in total. The van der Waals surface area contributed by atoms with Crippen LogP contribution in [0.25, 0.3) is 0 Å². The minimum atomic E-state index is -1.62. The Hall–Kier alpha value is -6.94. The number of hydrogen-bond acceptors (Lipinski definition) is 14. The number of hydrogen-bond donors (Lipinski definition) is 17. The summed E-state index contributed by atoms with van der Waals surface area (Å²) in [6, 6.07) is -10.1. The molecule has 0 unspecified atom stereocenters. The van der Waals surface area contributed by atoms with Gasteiger partial charge >= 0.3 is 11.9 Å². The highest BCUT2D eigenvalue weighted by molar-refractivity contribution is 7.98. The van der Waals surface area contributed by atoms with Crippen molar-refractivity contribution in [3.63, 3.8) is 0 Å². The van der Waals surface area contributed by atoms with Gasteiger partial charge in [0.2, 0.25) is 53.2 Å². The number of carboxylic acid groups (broad SMARTS) is 2. The lowest BCUT2D eigenvalue weighted by atomic mass is 10.0. The molecule has 0 heterocycles. The average Bonchev–Trinajstić information content (AvgIpc) is 3.21. The molecule has 0 saturated heterocycles. The third kappa shape index (κ3) is 26.6. The number of aliphatic carboxylic acids is 2. The number of guanidine groups is 2. The molecule has 0 aliphatic carbocycles. The van der Waals surface area contributed by atoms with E-state index < -0.39 is 145 Å². The fourth-order valence-corrected chi connectivity index (χ4v) is 6.19. The summed E-state index contributed by atoms with van der Waals surface area (Å²) in [4.78, 5) is 140. The van der Waals surface area contributed by atoms with Crippen LogP contribution in [0.15, 0.2) is 0 Å². The molecule has 0 aliphatic heterocycles. The Bertz CT molecular complexity index is 1760. The van der Waals surface area contributed by atoms with Crippen LogP contribution in [0.4, 0.5) is 0 Å². The highest BCUT2D eigenvalue weighted by Crippen LogP contribution is 2.10. The Kier molecular flexibility index (Phi) is 28.5. The first-order valence-electron chi connectivity index (χ1n) is 20.6. The molecule has 7 atom stereocenters. The van der Waals surface area contributed by atoms with Crippen LogP contribution < -0.4 is 70.8 Å². The van der Waals surface area contributed by atoms with Crippen LogP contribution in [-0.4, -0.2) is 155 Å². The summed E-state index contributed by atoms with van der Waals surface area (Å²) >= 11 is 1.26. The molecule has 0 spiro atoms. The second kappa shape index (κ2) is 31.8. The zero-order valence-corrected chi connectivity index (χ0v) is 37.9. The number of rotatable bonds is 34. The van der Waals surface area contributed by atoms with E-state index in [9.17, 15) is 57.8 Å². The molecule has 9 amide bonds. The number of nitrogens with one attached hydrogen (secondary N) is 11. The lowest BCUT2D eigenvalue weighted by Gasteiger charge is -2.28. The van der Waals surface area contributed by atoms with Gasteiger partial charge in [-0.15, -0.1) is 0 Å². The highest BCUT2D eigenvalue weighted by atomic mass is 32.2. The summed E-state index contributed by atoms with van der Waals surface area (Å²) in [6.45, 7) is 2.54. The van der Waals surface area contributed by atoms with Crippen LogP contribution in [-0.2, 0) is 52.7 Å². The molecule has 66 heavy (non-hydrogen) atoms. The molecule has 0 saturated carbocycles. The van der Waals surface area contributed by atoms with Gasteiger partial charge in [0.15, 0.2) is 11.9 Å². The quantitative estimate of drug-likeness (QED) is 0.0162. The number of carbonyl (C=O) groups excluding carboxylic acids is 9. The van der Waals surface area contributed by atoms with Crippen LogP contribution in [0.5, 0.6) is 0 Å². The Morgan fingerprint density at radius 1 is 0.500 bits per heavy atom. The normalized spacial score (nSPS) is 13.8. The van der Waals surface area contributed by atoms with E-state index in [0.717, 1.165) is 6.92 Å². The molecular weight excluding hydrogens is 895 g/mol. The number of carboxylic acids is 2. The number of amides is 9. The van der Waals surface area contributed by atoms with Gasteiger partial charge in [0.1, 0.15) is 42.3 Å². The smallest absolute Gasteiger partial charge is 0.303 e. The standard InChI is InChI=1S/C37H65N15O13S/c1-18(29(39)59)46-30(60)20(6-4-15-44-36(40)41)48-31(61)21(7-5-16-45-37(42)43)49-33(63)23(8-11-26(38)54)50-35(65)25(14-17-66-3)52-34(64)24(10-13-28(57)58)51-32(62)22(47-19(2)53)9-12-27(55)56/h18,20-25H,4-17H2,1-3H3,(H2,38,54)(H2,39,59)(H,46,60)(H,47,53)(H,48,61)(H,49,63)(H,50,65)(H,51,62)(H,52,64)(H,55,56)(H,57,58)(H4,40,41,44)(H4,42,43,45)/t18-,20-,21-,22-,23-,24-,25-/m0/s1. The lowest BCUT2D eigenvalue weighted by molar-refractivity contribution is -0.140. The van der Waals surface area contributed by atoms with Crippen molar-refractivity contribution in [1.29, 1.82) is 10.8 Å². The zero-order valence-electron chi connectivity index (χ0n) is 37.0. The van der Waals surface area contributed by atoms with Gasteiger partial charge in [-0.25, -0.2) is 0 Å². The van der Waals surface area contributed by atoms with Crippen LogP contribution in [0.1, 0.15) is 84.5 Å². The van der Waals surface area contributed by atoms with Crippen molar-refractivity contribution < 1.29 is 63.0 Å². The minimum absolute atomic E-state index is 0.0501. The van der Waals surface area contributed by atoms with Crippen molar-refractivity contribution in [2.75, 3.05) is 25.1 Å². The third-order valence-electron chi connectivity index (χ3n) is 9.20. The molecule has 0 aromatic rings. The second-order valence-corrected chi connectivity index (χ2v) is 15.8. The van der Waals surface area contributed by atoms with Gasteiger partial charge in [-0.05, 0) is 70.3 Å². The van der Waals surface area contributed by atoms with Gasteiger partial charge in [-0.3, -0.25) is 63.6 Å². The van der Waals surface area contributed by atoms with Crippen LogP contribution in [0, 0.1) is 10.8 Å². The minimum Gasteiger partial charge on any atom is -0.481 e. The summed E-state index contributed by atoms with van der Waals surface area (Å²) in [5.74, 6) is -11.4. The lowest BCUT2D eigenvalue weighted by Crippen LogP contribution is -2.60. The summed E-state index contributed by atoms with van der Waals surface area (Å²) in [5.41, 5.74) is 21.3. The topological polar surface area (TPSA) is 488 Å². The van der Waals surface area contributed by atoms with Gasteiger partial charge in [-0.2, -0.15) is 11.8 Å². The molecule has 0 radical (unpaired) electrons. The number of thioether (sulfide) groups is 1. The number of carbonyl (C=O) groups is 11. The number of nitrogens with two attached hydrogens (primary N) is 4. The van der Waals surface area contributed by atoms with Gasteiger partial charge < -0.3 is 81.0 Å². The van der Waals surface area contributed by atoms with Crippen LogP contribution >= 0.6 is 11.8 Å². The highest BCUT2D eigenvalue weighted by Gasteiger charge is 2.34. The molecular formula is C37H65N15O13S. The van der Waals surface area contributed by atoms with E-state index in [0.29, 0.717) is 0 Å². The number of primary amides is 2. The van der Waals surface area contributed by atoms with Gasteiger partial charge in [0.25, 0.3) is 0 Å². The Balaban J connectivity index is 6.72. The van der Waals surface area contributed by atoms with E-state index in [1.54, 1.807) is 6.26 Å². The first-order valence-corrected chi connectivity index (χ1v) is 22.0. The van der Waals surface area contributed by atoms with E-state index in [1.165, 1.54) is 18.7 Å². The molecule has 0 rings (SSSR count). The fourth-order valence-electron chi connectivity index (χ4n) is 5.72. The maximum Gasteiger partial charge on any atom is 0.303 e. The van der Waals surface area contributed by atoms with Crippen LogP contribution in [0.2, 0.25) is 0 Å². The van der Waals surface area contributed by atoms with Gasteiger partial charge in [0, 0.05) is 39.3 Å². The second-order valence-electron chi connectivity index (χ2n) is 14.8. The van der Waals surface area contributed by atoms with Crippen molar-refractivity contribution in [2.45, 2.75) is 127 Å². The van der Waals surface area contributed by atoms with Crippen molar-refractivity contribution in [2.24, 2.45) is 22.9 Å². The fraction of sp³-hybridized carbons (Fsp3) is 0.649. The predicted octanol–water partition coefficient (Wildman–Crippen LogP) is -5.82. The largest absolute Gasteiger partial charge is 0.481 e. The maximum atomic E-state index is 14.0. The maximum absolute atomic E-state index is 14.0. The Labute approximate surface area is 384 Å². The van der Waals surface area contributed by atoms with E-state index in [1.807, 2.05) is 0 Å². The summed E-state index contributed by atoms with van der Waals surface area (Å²) < 4.78 is 0. The molecule has 28 nitrogen and oxygen atoms in total. The van der Waals surface area contributed by atoms with Gasteiger partial charge in [-0.1, -0.05) is 0 Å². The first kappa shape index (κ1) is 59.1. The van der Waals surface area contributed by atoms with Crippen molar-refractivity contribution >= 4 is 88.8 Å². The molecule has 0 bridgehead atoms. The van der Waals surface area contributed by atoms with Crippen molar-refractivity contribution in [3.05, 3.63) is 0 Å². The molecule has 0 fully saturated rings. The molecule has 0 aromatic carbocycles. The summed E-state index contributed by atoms with van der Waals surface area (Å²) in [7, 11) is 0. The van der Waals surface area contributed by atoms with E-state index >= 15 is 0 Å². The van der Waals surface area contributed by atoms with E-state index in [4.69, 9.17) is 38.9 Å². The van der Waals surface area contributed by atoms with Crippen molar-refractivity contribution in [3.8, 4) is 0 Å². The molecule has 372 valence electrons.